The van der Waals surface area contributed by atoms with Crippen molar-refractivity contribution in [3.63, 3.8) is 0 Å². The third-order valence-electron chi connectivity index (χ3n) is 4.95. The number of piperazine rings is 1. The van der Waals surface area contributed by atoms with Crippen LogP contribution in [0.3, 0.4) is 0 Å². The average Bonchev–Trinajstić information content (AvgIpc) is 2.69. The molecule has 3 aromatic rings. The lowest BCUT2D eigenvalue weighted by Crippen LogP contribution is -2.47. The molecule has 0 N–H and O–H groups in total. The maximum atomic E-state index is 12.7. The Balaban J connectivity index is 1.68. The summed E-state index contributed by atoms with van der Waals surface area (Å²) in [6, 6.07) is 11.4. The first-order valence-corrected chi connectivity index (χ1v) is 9.19. The number of aldehydes is 1. The molecule has 1 aliphatic heterocycles. The number of pyridine rings is 1. The topological polar surface area (TPSA) is 57.9 Å². The number of para-hydroxylation sites is 1. The summed E-state index contributed by atoms with van der Waals surface area (Å²) in [5, 5.41) is 0.720. The number of fused-ring (bicyclic) bond motifs is 1. The summed E-state index contributed by atoms with van der Waals surface area (Å²) in [4.78, 5) is 33.3. The average molecular weight is 383 g/mol. The fraction of sp³-hybridized carbons (Fsp3) is 0.250. The molecule has 1 aliphatic rings. The smallest absolute Gasteiger partial charge is 0.270 e. The predicted octanol–water partition coefficient (Wildman–Crippen LogP) is 2.80. The highest BCUT2D eigenvalue weighted by Gasteiger charge is 2.24. The van der Waals surface area contributed by atoms with Crippen molar-refractivity contribution < 1.29 is 4.79 Å². The fourth-order valence-corrected chi connectivity index (χ4v) is 3.77. The Morgan fingerprint density at radius 1 is 1.04 bits per heavy atom. The van der Waals surface area contributed by atoms with Gasteiger partial charge in [0.25, 0.3) is 5.56 Å². The van der Waals surface area contributed by atoms with E-state index in [1.165, 1.54) is 4.40 Å². The molecule has 0 spiro atoms. The largest absolute Gasteiger partial charge is 0.367 e. The van der Waals surface area contributed by atoms with Crippen LogP contribution in [0.4, 0.5) is 11.5 Å². The fourth-order valence-electron chi connectivity index (χ4n) is 3.51. The van der Waals surface area contributed by atoms with Crippen LogP contribution in [-0.4, -0.2) is 41.8 Å². The summed E-state index contributed by atoms with van der Waals surface area (Å²) in [6.45, 7) is 4.68. The number of rotatable bonds is 3. The maximum Gasteiger partial charge on any atom is 0.270 e. The molecule has 138 valence electrons. The van der Waals surface area contributed by atoms with E-state index in [0.29, 0.717) is 30.8 Å². The minimum atomic E-state index is -0.331. The van der Waals surface area contributed by atoms with Crippen LogP contribution < -0.4 is 15.4 Å². The zero-order valence-electron chi connectivity index (χ0n) is 14.9. The quantitative estimate of drug-likeness (QED) is 0.652. The van der Waals surface area contributed by atoms with E-state index in [4.69, 9.17) is 11.6 Å². The van der Waals surface area contributed by atoms with Gasteiger partial charge in [0.05, 0.1) is 10.7 Å². The van der Waals surface area contributed by atoms with Crippen molar-refractivity contribution in [2.75, 3.05) is 36.0 Å². The Labute approximate surface area is 161 Å². The van der Waals surface area contributed by atoms with Gasteiger partial charge >= 0.3 is 0 Å². The number of aryl methyl sites for hydroxylation is 1. The molecule has 0 amide bonds. The first kappa shape index (κ1) is 17.5. The number of benzene rings is 1. The van der Waals surface area contributed by atoms with Crippen LogP contribution >= 0.6 is 11.6 Å². The van der Waals surface area contributed by atoms with Gasteiger partial charge < -0.3 is 9.80 Å². The minimum absolute atomic E-state index is 0.101. The van der Waals surface area contributed by atoms with Crippen LogP contribution in [0.2, 0.25) is 5.02 Å². The van der Waals surface area contributed by atoms with E-state index < -0.39 is 0 Å². The van der Waals surface area contributed by atoms with E-state index in [-0.39, 0.29) is 11.1 Å². The van der Waals surface area contributed by atoms with Gasteiger partial charge in [0.2, 0.25) is 0 Å². The lowest BCUT2D eigenvalue weighted by Gasteiger charge is -2.37. The second kappa shape index (κ2) is 7.04. The van der Waals surface area contributed by atoms with Crippen LogP contribution in [0, 0.1) is 6.92 Å². The van der Waals surface area contributed by atoms with Gasteiger partial charge in [-0.1, -0.05) is 29.8 Å². The molecule has 4 rings (SSSR count). The van der Waals surface area contributed by atoms with Crippen molar-refractivity contribution in [1.82, 2.24) is 9.38 Å². The van der Waals surface area contributed by atoms with Gasteiger partial charge in [-0.3, -0.25) is 14.0 Å². The van der Waals surface area contributed by atoms with Gasteiger partial charge in [-0.2, -0.15) is 0 Å². The van der Waals surface area contributed by atoms with Crippen LogP contribution in [-0.2, 0) is 0 Å². The highest BCUT2D eigenvalue weighted by molar-refractivity contribution is 6.33. The summed E-state index contributed by atoms with van der Waals surface area (Å²) < 4.78 is 1.43. The molecule has 0 aliphatic carbocycles. The van der Waals surface area contributed by atoms with Crippen molar-refractivity contribution in [3.8, 4) is 0 Å². The number of nitrogens with zero attached hydrogens (tertiary/aromatic N) is 4. The first-order chi connectivity index (χ1) is 13.1. The minimum Gasteiger partial charge on any atom is -0.367 e. The molecule has 7 heteroatoms. The summed E-state index contributed by atoms with van der Waals surface area (Å²) in [6.07, 6.45) is 2.25. The lowest BCUT2D eigenvalue weighted by atomic mass is 10.2. The molecule has 3 heterocycles. The zero-order chi connectivity index (χ0) is 19.0. The molecular formula is C20H19ClN4O2. The molecular weight excluding hydrogens is 364 g/mol. The van der Waals surface area contributed by atoms with Gasteiger partial charge in [-0.05, 0) is 30.7 Å². The number of hydrogen-bond acceptors (Lipinski definition) is 5. The van der Waals surface area contributed by atoms with E-state index in [1.807, 2.05) is 42.2 Å². The Bertz CT molecular complexity index is 1070. The Morgan fingerprint density at radius 2 is 1.74 bits per heavy atom. The van der Waals surface area contributed by atoms with Crippen molar-refractivity contribution in [2.24, 2.45) is 0 Å². The van der Waals surface area contributed by atoms with Crippen molar-refractivity contribution in [3.05, 3.63) is 69.1 Å². The van der Waals surface area contributed by atoms with Crippen LogP contribution in [0.5, 0.6) is 0 Å². The molecule has 6 nitrogen and oxygen atoms in total. The molecule has 1 saturated heterocycles. The van der Waals surface area contributed by atoms with Crippen LogP contribution in [0.25, 0.3) is 5.65 Å². The number of aromatic nitrogens is 2. The van der Waals surface area contributed by atoms with Crippen LogP contribution in [0.15, 0.2) is 47.4 Å². The summed E-state index contributed by atoms with van der Waals surface area (Å²) in [5.41, 5.74) is 2.24. The van der Waals surface area contributed by atoms with Crippen molar-refractivity contribution >= 4 is 35.0 Å². The van der Waals surface area contributed by atoms with Crippen LogP contribution in [0.1, 0.15) is 15.9 Å². The van der Waals surface area contributed by atoms with Gasteiger partial charge in [0.1, 0.15) is 17.0 Å². The second-order valence-corrected chi connectivity index (χ2v) is 6.99. The normalized spacial score (nSPS) is 14.6. The van der Waals surface area contributed by atoms with E-state index in [9.17, 15) is 9.59 Å². The number of anilines is 2. The molecule has 0 bridgehead atoms. The van der Waals surface area contributed by atoms with Gasteiger partial charge in [-0.25, -0.2) is 4.98 Å². The van der Waals surface area contributed by atoms with Gasteiger partial charge in [0, 0.05) is 32.4 Å². The SMILES string of the molecule is Cc1cccn2c(=O)c(C=O)c(N3CCN(c4ccccc4Cl)CC3)nc12. The molecule has 27 heavy (non-hydrogen) atoms. The van der Waals surface area contributed by atoms with Gasteiger partial charge in [0.15, 0.2) is 6.29 Å². The van der Waals surface area contributed by atoms with E-state index in [1.54, 1.807) is 12.3 Å². The Hall–Kier alpha value is -2.86. The van der Waals surface area contributed by atoms with E-state index in [2.05, 4.69) is 9.88 Å². The van der Waals surface area contributed by atoms with Crippen molar-refractivity contribution in [2.45, 2.75) is 6.92 Å². The monoisotopic (exact) mass is 382 g/mol. The van der Waals surface area contributed by atoms with E-state index in [0.717, 1.165) is 29.4 Å². The third-order valence-corrected chi connectivity index (χ3v) is 5.27. The summed E-state index contributed by atoms with van der Waals surface area (Å²) in [7, 11) is 0. The highest BCUT2D eigenvalue weighted by atomic mass is 35.5. The molecule has 0 radical (unpaired) electrons. The zero-order valence-corrected chi connectivity index (χ0v) is 15.7. The summed E-state index contributed by atoms with van der Waals surface area (Å²) >= 11 is 6.30. The molecule has 0 atom stereocenters. The predicted molar refractivity (Wildman–Crippen MR) is 107 cm³/mol. The Kier molecular flexibility index (Phi) is 4.58. The second-order valence-electron chi connectivity index (χ2n) is 6.58. The number of carbonyl (C=O) groups excluding carboxylic acids is 1. The molecule has 0 saturated carbocycles. The number of carbonyl (C=O) groups is 1. The molecule has 1 aromatic carbocycles. The lowest BCUT2D eigenvalue weighted by molar-refractivity contribution is 0.112. The number of hydrogen-bond donors (Lipinski definition) is 0. The first-order valence-electron chi connectivity index (χ1n) is 8.81. The maximum absolute atomic E-state index is 12.7. The summed E-state index contributed by atoms with van der Waals surface area (Å²) in [5.74, 6) is 0.461. The third kappa shape index (κ3) is 3.06. The number of halogens is 1. The van der Waals surface area contributed by atoms with Gasteiger partial charge in [-0.15, -0.1) is 0 Å². The van der Waals surface area contributed by atoms with Crippen molar-refractivity contribution in [1.29, 1.82) is 0 Å². The molecule has 0 unspecified atom stereocenters. The standard InChI is InChI=1S/C20H19ClN4O2/c1-14-5-4-8-25-18(14)22-19(15(13-26)20(25)27)24-11-9-23(10-12-24)17-7-3-2-6-16(17)21/h2-8,13H,9-12H2,1H3. The highest BCUT2D eigenvalue weighted by Crippen LogP contribution is 2.27. The Morgan fingerprint density at radius 3 is 2.44 bits per heavy atom. The molecule has 2 aromatic heterocycles. The van der Waals surface area contributed by atoms with E-state index >= 15 is 0 Å². The molecule has 1 fully saturated rings.